The van der Waals surface area contributed by atoms with Crippen LogP contribution in [0.5, 0.6) is 0 Å². The molecule has 0 radical (unpaired) electrons. The summed E-state index contributed by atoms with van der Waals surface area (Å²) in [6.07, 6.45) is 3.18. The first-order valence-corrected chi connectivity index (χ1v) is 4.15. The topological polar surface area (TPSA) is 49.3 Å². The lowest BCUT2D eigenvalue weighted by Gasteiger charge is -2.23. The van der Waals surface area contributed by atoms with E-state index in [9.17, 15) is 4.79 Å². The Morgan fingerprint density at radius 2 is 2.15 bits per heavy atom. The average Bonchev–Trinajstić information content (AvgIpc) is 2.04. The van der Waals surface area contributed by atoms with E-state index >= 15 is 0 Å². The standard InChI is InChI=1S/C10H17NO2/c1-5-6-8(2)9(13)11-10(3,4)7-12/h5-6,12H,1,7H2,2-4H3,(H,11,13). The van der Waals surface area contributed by atoms with Crippen LogP contribution in [0.1, 0.15) is 20.8 Å². The third-order valence-electron chi connectivity index (χ3n) is 1.57. The van der Waals surface area contributed by atoms with Crippen LogP contribution in [-0.4, -0.2) is 23.2 Å². The summed E-state index contributed by atoms with van der Waals surface area (Å²) in [6, 6.07) is 0. The Morgan fingerprint density at radius 3 is 2.54 bits per heavy atom. The van der Waals surface area contributed by atoms with E-state index in [1.54, 1.807) is 32.9 Å². The van der Waals surface area contributed by atoms with Crippen LogP contribution in [0.25, 0.3) is 0 Å². The zero-order chi connectivity index (χ0) is 10.5. The second-order valence-corrected chi connectivity index (χ2v) is 3.58. The number of carbonyl (C=O) groups is 1. The van der Waals surface area contributed by atoms with Crippen molar-refractivity contribution in [2.24, 2.45) is 0 Å². The molecule has 0 unspecified atom stereocenters. The van der Waals surface area contributed by atoms with Gasteiger partial charge in [0.1, 0.15) is 0 Å². The van der Waals surface area contributed by atoms with E-state index in [1.807, 2.05) is 0 Å². The van der Waals surface area contributed by atoms with Crippen molar-refractivity contribution in [3.63, 3.8) is 0 Å². The molecule has 13 heavy (non-hydrogen) atoms. The van der Waals surface area contributed by atoms with Crippen LogP contribution in [-0.2, 0) is 4.79 Å². The third-order valence-corrected chi connectivity index (χ3v) is 1.57. The van der Waals surface area contributed by atoms with E-state index in [4.69, 9.17) is 5.11 Å². The summed E-state index contributed by atoms with van der Waals surface area (Å²) in [6.45, 7) is 8.62. The van der Waals surface area contributed by atoms with Gasteiger partial charge in [-0.25, -0.2) is 0 Å². The molecule has 2 N–H and O–H groups in total. The van der Waals surface area contributed by atoms with Crippen LogP contribution in [0.4, 0.5) is 0 Å². The lowest BCUT2D eigenvalue weighted by Crippen LogP contribution is -2.46. The second-order valence-electron chi connectivity index (χ2n) is 3.58. The Bertz CT molecular complexity index is 229. The van der Waals surface area contributed by atoms with Gasteiger partial charge in [-0.1, -0.05) is 18.7 Å². The van der Waals surface area contributed by atoms with Crippen LogP contribution in [0.15, 0.2) is 24.3 Å². The minimum Gasteiger partial charge on any atom is -0.394 e. The molecule has 0 aromatic rings. The van der Waals surface area contributed by atoms with E-state index < -0.39 is 5.54 Å². The number of aliphatic hydroxyl groups excluding tert-OH is 1. The van der Waals surface area contributed by atoms with Crippen LogP contribution >= 0.6 is 0 Å². The maximum atomic E-state index is 11.4. The van der Waals surface area contributed by atoms with Crippen LogP contribution in [0.3, 0.4) is 0 Å². The van der Waals surface area contributed by atoms with E-state index in [2.05, 4.69) is 11.9 Å². The Morgan fingerprint density at radius 1 is 1.62 bits per heavy atom. The van der Waals surface area contributed by atoms with E-state index in [0.717, 1.165) is 0 Å². The predicted molar refractivity (Wildman–Crippen MR) is 53.3 cm³/mol. The zero-order valence-electron chi connectivity index (χ0n) is 8.42. The van der Waals surface area contributed by atoms with Gasteiger partial charge in [0.25, 0.3) is 0 Å². The van der Waals surface area contributed by atoms with Gasteiger partial charge in [-0.15, -0.1) is 0 Å². The highest BCUT2D eigenvalue weighted by atomic mass is 16.3. The molecule has 0 aromatic heterocycles. The van der Waals surface area contributed by atoms with Crippen molar-refractivity contribution in [2.45, 2.75) is 26.3 Å². The van der Waals surface area contributed by atoms with Crippen molar-refractivity contribution in [3.05, 3.63) is 24.3 Å². The lowest BCUT2D eigenvalue weighted by atomic mass is 10.1. The van der Waals surface area contributed by atoms with Gasteiger partial charge >= 0.3 is 0 Å². The molecule has 0 aliphatic heterocycles. The third kappa shape index (κ3) is 4.48. The summed E-state index contributed by atoms with van der Waals surface area (Å²) in [5.74, 6) is -0.182. The minimum absolute atomic E-state index is 0.0832. The Kier molecular flexibility index (Phi) is 4.42. The number of aliphatic hydroxyl groups is 1. The fraction of sp³-hybridized carbons (Fsp3) is 0.500. The normalized spacial score (nSPS) is 12.5. The molecule has 0 heterocycles. The molecule has 0 aliphatic rings. The van der Waals surface area contributed by atoms with Crippen molar-refractivity contribution in [2.75, 3.05) is 6.61 Å². The number of nitrogens with one attached hydrogen (secondary N) is 1. The zero-order valence-corrected chi connectivity index (χ0v) is 8.42. The quantitative estimate of drug-likeness (QED) is 0.504. The maximum Gasteiger partial charge on any atom is 0.247 e. The van der Waals surface area contributed by atoms with Crippen LogP contribution in [0.2, 0.25) is 0 Å². The summed E-state index contributed by atoms with van der Waals surface area (Å²) in [4.78, 5) is 11.4. The first-order valence-electron chi connectivity index (χ1n) is 4.15. The van der Waals surface area contributed by atoms with Crippen LogP contribution in [0, 0.1) is 0 Å². The van der Waals surface area contributed by atoms with Crippen molar-refractivity contribution >= 4 is 5.91 Å². The van der Waals surface area contributed by atoms with Crippen molar-refractivity contribution in [3.8, 4) is 0 Å². The van der Waals surface area contributed by atoms with Crippen molar-refractivity contribution < 1.29 is 9.90 Å². The summed E-state index contributed by atoms with van der Waals surface area (Å²) in [5.41, 5.74) is 0.00408. The molecular formula is C10H17NO2. The van der Waals surface area contributed by atoms with Gasteiger partial charge in [0.05, 0.1) is 12.1 Å². The average molecular weight is 183 g/mol. The van der Waals surface area contributed by atoms with Gasteiger partial charge in [0, 0.05) is 5.57 Å². The Labute approximate surface area is 79.2 Å². The molecule has 0 spiro atoms. The number of rotatable bonds is 4. The van der Waals surface area contributed by atoms with Gasteiger partial charge in [0.15, 0.2) is 0 Å². The number of carbonyl (C=O) groups excluding carboxylic acids is 1. The molecule has 74 valence electrons. The number of hydrogen-bond donors (Lipinski definition) is 2. The molecule has 1 amide bonds. The smallest absolute Gasteiger partial charge is 0.247 e. The number of hydrogen-bond acceptors (Lipinski definition) is 2. The maximum absolute atomic E-state index is 11.4. The molecule has 3 nitrogen and oxygen atoms in total. The molecule has 0 saturated carbocycles. The van der Waals surface area contributed by atoms with Crippen LogP contribution < -0.4 is 5.32 Å². The summed E-state index contributed by atoms with van der Waals surface area (Å²) in [7, 11) is 0. The largest absolute Gasteiger partial charge is 0.394 e. The summed E-state index contributed by atoms with van der Waals surface area (Å²) in [5, 5.41) is 11.6. The molecule has 0 fully saturated rings. The molecule has 0 saturated heterocycles. The highest BCUT2D eigenvalue weighted by Crippen LogP contribution is 2.02. The molecule has 0 atom stereocenters. The molecule has 0 rings (SSSR count). The van der Waals surface area contributed by atoms with E-state index in [0.29, 0.717) is 5.57 Å². The minimum atomic E-state index is -0.576. The van der Waals surface area contributed by atoms with Gasteiger partial charge in [0.2, 0.25) is 5.91 Å². The van der Waals surface area contributed by atoms with Gasteiger partial charge in [-0.2, -0.15) is 0 Å². The van der Waals surface area contributed by atoms with Crippen molar-refractivity contribution in [1.82, 2.24) is 5.32 Å². The lowest BCUT2D eigenvalue weighted by molar-refractivity contribution is -0.119. The monoisotopic (exact) mass is 183 g/mol. The first-order chi connectivity index (χ1) is 5.93. The molecule has 0 bridgehead atoms. The van der Waals surface area contributed by atoms with Crippen molar-refractivity contribution in [1.29, 1.82) is 0 Å². The Hall–Kier alpha value is -1.09. The van der Waals surface area contributed by atoms with E-state index in [1.165, 1.54) is 0 Å². The first kappa shape index (κ1) is 11.9. The second kappa shape index (κ2) is 4.82. The molecule has 0 aromatic carbocycles. The highest BCUT2D eigenvalue weighted by Gasteiger charge is 2.19. The fourth-order valence-electron chi connectivity index (χ4n) is 0.698. The molecular weight excluding hydrogens is 166 g/mol. The van der Waals surface area contributed by atoms with Gasteiger partial charge in [-0.3, -0.25) is 4.79 Å². The SMILES string of the molecule is C=CC=C(C)C(=O)NC(C)(C)CO. The fourth-order valence-corrected chi connectivity index (χ4v) is 0.698. The van der Waals surface area contributed by atoms with E-state index in [-0.39, 0.29) is 12.5 Å². The van der Waals surface area contributed by atoms with Gasteiger partial charge < -0.3 is 10.4 Å². The Balaban J connectivity index is 4.31. The summed E-state index contributed by atoms with van der Waals surface area (Å²) >= 11 is 0. The predicted octanol–water partition coefficient (Wildman–Crippen LogP) is 1.01. The summed E-state index contributed by atoms with van der Waals surface area (Å²) < 4.78 is 0. The van der Waals surface area contributed by atoms with Gasteiger partial charge in [-0.05, 0) is 20.8 Å². The highest BCUT2D eigenvalue weighted by molar-refractivity contribution is 5.93. The number of amides is 1. The molecule has 3 heteroatoms. The number of allylic oxidation sites excluding steroid dienone is 2. The molecule has 0 aliphatic carbocycles.